The van der Waals surface area contributed by atoms with Gasteiger partial charge >= 0.3 is 0 Å². The van der Waals surface area contributed by atoms with Gasteiger partial charge in [-0.25, -0.2) is 4.68 Å². The summed E-state index contributed by atoms with van der Waals surface area (Å²) in [4.78, 5) is 17.5. The predicted octanol–water partition coefficient (Wildman–Crippen LogP) is 4.63. The first-order valence-electron chi connectivity index (χ1n) is 12.0. The Bertz CT molecular complexity index is 1370. The van der Waals surface area contributed by atoms with Crippen LogP contribution in [0.1, 0.15) is 35.2 Å². The highest BCUT2D eigenvalue weighted by Crippen LogP contribution is 2.38. The number of fused-ring (bicyclic) bond motifs is 1. The van der Waals surface area contributed by atoms with Crippen LogP contribution in [0.4, 0.5) is 11.9 Å². The number of rotatable bonds is 8. The van der Waals surface area contributed by atoms with Gasteiger partial charge < -0.3 is 19.5 Å². The Labute approximate surface area is 215 Å². The molecule has 2 atom stereocenters. The average molecular weight is 500 g/mol. The molecule has 5 rings (SSSR count). The number of anilines is 2. The van der Waals surface area contributed by atoms with Crippen molar-refractivity contribution in [3.63, 3.8) is 0 Å². The van der Waals surface area contributed by atoms with Crippen molar-refractivity contribution in [2.75, 3.05) is 32.0 Å². The minimum absolute atomic E-state index is 0.0168. The van der Waals surface area contributed by atoms with Crippen molar-refractivity contribution >= 4 is 17.8 Å². The van der Waals surface area contributed by atoms with Crippen LogP contribution < -0.4 is 24.8 Å². The summed E-state index contributed by atoms with van der Waals surface area (Å²) in [5.41, 5.74) is 3.03. The molecule has 4 aromatic rings. The molecular weight excluding hydrogens is 470 g/mol. The van der Waals surface area contributed by atoms with Crippen LogP contribution in [0, 0.1) is 0 Å². The number of carbonyl (C=O) groups is 1. The third-order valence-electron chi connectivity index (χ3n) is 6.46. The molecule has 0 fully saturated rings. The summed E-state index contributed by atoms with van der Waals surface area (Å²) in [6.45, 7) is 0. The van der Waals surface area contributed by atoms with Crippen LogP contribution in [-0.4, -0.2) is 42.0 Å². The van der Waals surface area contributed by atoms with Crippen LogP contribution in [-0.2, 0) is 11.2 Å². The SMILES string of the molecule is COc1ccc([C@H]2C[C@@H](c3ccccc3)n3nc(NC(=O)Cc4ccc(OC)c(OC)c4)nc3N2)cc1. The summed E-state index contributed by atoms with van der Waals surface area (Å²) < 4.78 is 17.8. The third kappa shape index (κ3) is 5.20. The minimum Gasteiger partial charge on any atom is -0.497 e. The number of ether oxygens (including phenoxy) is 3. The summed E-state index contributed by atoms with van der Waals surface area (Å²) >= 11 is 0. The lowest BCUT2D eigenvalue weighted by Gasteiger charge is -2.31. The average Bonchev–Trinajstić information content (AvgIpc) is 3.35. The van der Waals surface area contributed by atoms with Gasteiger partial charge in [-0.3, -0.25) is 10.1 Å². The zero-order valence-electron chi connectivity index (χ0n) is 21.0. The first-order chi connectivity index (χ1) is 18.1. The molecule has 0 unspecified atom stereocenters. The number of hydrogen-bond acceptors (Lipinski definition) is 7. The van der Waals surface area contributed by atoms with Crippen molar-refractivity contribution < 1.29 is 19.0 Å². The van der Waals surface area contributed by atoms with Gasteiger partial charge in [-0.1, -0.05) is 48.5 Å². The zero-order valence-corrected chi connectivity index (χ0v) is 21.0. The molecule has 0 aliphatic carbocycles. The van der Waals surface area contributed by atoms with Gasteiger partial charge in [0.2, 0.25) is 11.9 Å². The number of nitrogens with zero attached hydrogens (tertiary/aromatic N) is 3. The van der Waals surface area contributed by atoms with Gasteiger partial charge in [-0.15, -0.1) is 5.10 Å². The summed E-state index contributed by atoms with van der Waals surface area (Å²) in [6, 6.07) is 23.6. The highest BCUT2D eigenvalue weighted by Gasteiger charge is 2.31. The number of amides is 1. The van der Waals surface area contributed by atoms with Gasteiger partial charge in [0.1, 0.15) is 5.75 Å². The van der Waals surface area contributed by atoms with Crippen LogP contribution >= 0.6 is 0 Å². The number of aromatic nitrogens is 3. The molecule has 0 saturated carbocycles. The van der Waals surface area contributed by atoms with E-state index in [2.05, 4.69) is 45.0 Å². The van der Waals surface area contributed by atoms with Gasteiger partial charge in [-0.2, -0.15) is 4.98 Å². The lowest BCUT2D eigenvalue weighted by molar-refractivity contribution is -0.115. The maximum Gasteiger partial charge on any atom is 0.250 e. The maximum absolute atomic E-state index is 12.8. The number of methoxy groups -OCH3 is 3. The Morgan fingerprint density at radius 2 is 1.70 bits per heavy atom. The van der Waals surface area contributed by atoms with Crippen molar-refractivity contribution in [3.05, 3.63) is 89.5 Å². The number of benzene rings is 3. The van der Waals surface area contributed by atoms with Crippen LogP contribution in [0.5, 0.6) is 17.2 Å². The molecule has 0 bridgehead atoms. The molecule has 1 amide bonds. The fraction of sp³-hybridized carbons (Fsp3) is 0.250. The van der Waals surface area contributed by atoms with E-state index in [1.807, 2.05) is 41.1 Å². The molecule has 9 nitrogen and oxygen atoms in total. The Morgan fingerprint density at radius 3 is 2.41 bits per heavy atom. The normalized spacial score (nSPS) is 16.3. The van der Waals surface area contributed by atoms with Crippen LogP contribution in [0.3, 0.4) is 0 Å². The predicted molar refractivity (Wildman–Crippen MR) is 140 cm³/mol. The molecule has 0 spiro atoms. The number of carbonyl (C=O) groups excluding carboxylic acids is 1. The molecule has 0 radical (unpaired) electrons. The van der Waals surface area contributed by atoms with Gasteiger partial charge in [0.05, 0.1) is 39.8 Å². The second kappa shape index (κ2) is 10.6. The molecule has 190 valence electrons. The lowest BCUT2D eigenvalue weighted by Crippen LogP contribution is -2.28. The van der Waals surface area contributed by atoms with E-state index in [0.717, 1.165) is 28.9 Å². The Morgan fingerprint density at radius 1 is 0.946 bits per heavy atom. The fourth-order valence-corrected chi connectivity index (χ4v) is 4.58. The Kier molecular flexibility index (Phi) is 6.93. The van der Waals surface area contributed by atoms with Gasteiger partial charge in [-0.05, 0) is 47.4 Å². The second-order valence-electron chi connectivity index (χ2n) is 8.75. The van der Waals surface area contributed by atoms with Gasteiger partial charge in [0.25, 0.3) is 5.95 Å². The molecule has 1 aliphatic heterocycles. The quantitative estimate of drug-likeness (QED) is 0.365. The molecular formula is C28H29N5O4. The summed E-state index contributed by atoms with van der Waals surface area (Å²) in [5.74, 6) is 2.62. The third-order valence-corrected chi connectivity index (χ3v) is 6.46. The van der Waals surface area contributed by atoms with E-state index in [1.54, 1.807) is 33.5 Å². The van der Waals surface area contributed by atoms with Gasteiger partial charge in [0.15, 0.2) is 11.5 Å². The van der Waals surface area contributed by atoms with E-state index in [0.29, 0.717) is 17.4 Å². The fourth-order valence-electron chi connectivity index (χ4n) is 4.58. The van der Waals surface area contributed by atoms with E-state index in [9.17, 15) is 4.79 Å². The van der Waals surface area contributed by atoms with Crippen molar-refractivity contribution in [2.24, 2.45) is 0 Å². The number of hydrogen-bond donors (Lipinski definition) is 2. The van der Waals surface area contributed by atoms with E-state index in [4.69, 9.17) is 14.2 Å². The Hall–Kier alpha value is -4.53. The second-order valence-corrected chi connectivity index (χ2v) is 8.75. The zero-order chi connectivity index (χ0) is 25.8. The van der Waals surface area contributed by atoms with Crippen molar-refractivity contribution in [1.82, 2.24) is 14.8 Å². The maximum atomic E-state index is 12.8. The molecule has 1 aromatic heterocycles. The molecule has 1 aliphatic rings. The summed E-state index contributed by atoms with van der Waals surface area (Å²) in [6.07, 6.45) is 0.917. The molecule has 2 heterocycles. The van der Waals surface area contributed by atoms with Crippen molar-refractivity contribution in [2.45, 2.75) is 24.9 Å². The molecule has 0 saturated heterocycles. The molecule has 9 heteroatoms. The van der Waals surface area contributed by atoms with Crippen LogP contribution in [0.2, 0.25) is 0 Å². The highest BCUT2D eigenvalue weighted by atomic mass is 16.5. The van der Waals surface area contributed by atoms with E-state index >= 15 is 0 Å². The topological polar surface area (TPSA) is 99.5 Å². The van der Waals surface area contributed by atoms with Crippen molar-refractivity contribution in [1.29, 1.82) is 0 Å². The largest absolute Gasteiger partial charge is 0.497 e. The Balaban J connectivity index is 1.38. The monoisotopic (exact) mass is 499 g/mol. The van der Waals surface area contributed by atoms with Crippen molar-refractivity contribution in [3.8, 4) is 17.2 Å². The van der Waals surface area contributed by atoms with E-state index in [-0.39, 0.29) is 30.4 Å². The molecule has 37 heavy (non-hydrogen) atoms. The standard InChI is InChI=1S/C28H29N5O4/c1-35-21-12-10-19(11-13-21)22-17-23(20-7-5-4-6-8-20)33-28(29-22)31-27(32-33)30-26(34)16-18-9-14-24(36-2)25(15-18)37-3/h4-15,22-23H,16-17H2,1-3H3,(H2,29,30,31,32,34)/t22-,23+/m1/s1. The first kappa shape index (κ1) is 24.2. The minimum atomic E-state index is -0.224. The number of nitrogens with one attached hydrogen (secondary N) is 2. The van der Waals surface area contributed by atoms with E-state index in [1.165, 1.54) is 0 Å². The first-order valence-corrected chi connectivity index (χ1v) is 12.0. The lowest BCUT2D eigenvalue weighted by atomic mass is 9.93. The van der Waals surface area contributed by atoms with Crippen LogP contribution in [0.15, 0.2) is 72.8 Å². The van der Waals surface area contributed by atoms with Gasteiger partial charge in [0, 0.05) is 0 Å². The highest BCUT2D eigenvalue weighted by molar-refractivity contribution is 5.90. The summed E-state index contributed by atoms with van der Waals surface area (Å²) in [7, 11) is 4.80. The smallest absolute Gasteiger partial charge is 0.250 e. The molecule has 2 N–H and O–H groups in total. The summed E-state index contributed by atoms with van der Waals surface area (Å²) in [5, 5.41) is 11.0. The van der Waals surface area contributed by atoms with Crippen LogP contribution in [0.25, 0.3) is 0 Å². The van der Waals surface area contributed by atoms with E-state index < -0.39 is 0 Å². The molecule has 3 aromatic carbocycles.